The second-order valence-corrected chi connectivity index (χ2v) is 4.51. The summed E-state index contributed by atoms with van der Waals surface area (Å²) in [5.41, 5.74) is 0.988. The number of likely N-dealkylation sites (tertiary alicyclic amines) is 1. The van der Waals surface area contributed by atoms with Crippen LogP contribution in [0.25, 0.3) is 0 Å². The van der Waals surface area contributed by atoms with Gasteiger partial charge in [-0.15, -0.1) is 0 Å². The van der Waals surface area contributed by atoms with E-state index in [0.717, 1.165) is 24.5 Å². The first kappa shape index (κ1) is 9.93. The predicted octanol–water partition coefficient (Wildman–Crippen LogP) is 0.833. The number of rotatable bonds is 2. The van der Waals surface area contributed by atoms with E-state index in [4.69, 9.17) is 10.6 Å². The van der Waals surface area contributed by atoms with Gasteiger partial charge in [-0.3, -0.25) is 4.90 Å². The molecule has 2 N–H and O–H groups in total. The highest BCUT2D eigenvalue weighted by molar-refractivity contribution is 5.58. The lowest BCUT2D eigenvalue weighted by molar-refractivity contribution is 0.0917. The summed E-state index contributed by atoms with van der Waals surface area (Å²) in [5, 5.41) is 1.79. The van der Waals surface area contributed by atoms with Crippen LogP contribution in [0.15, 0.2) is 24.3 Å². The van der Waals surface area contributed by atoms with Gasteiger partial charge in [-0.2, -0.15) is 0 Å². The number of ether oxygens (including phenoxy) is 1. The molecular weight excluding hydrogens is 202 g/mol. The molecular formula is C12H17N3O. The number of nitrogens with two attached hydrogens (primary N) is 1. The van der Waals surface area contributed by atoms with Gasteiger partial charge < -0.3 is 9.75 Å². The highest BCUT2D eigenvalue weighted by atomic mass is 16.5. The molecule has 2 aliphatic heterocycles. The topological polar surface area (TPSA) is 41.7 Å². The monoisotopic (exact) mass is 219 g/mol. The van der Waals surface area contributed by atoms with Crippen molar-refractivity contribution in [2.24, 2.45) is 5.84 Å². The Kier molecular flexibility index (Phi) is 2.46. The summed E-state index contributed by atoms with van der Waals surface area (Å²) in [4.78, 5) is 2.41. The van der Waals surface area contributed by atoms with Crippen molar-refractivity contribution in [2.75, 3.05) is 31.2 Å². The second kappa shape index (κ2) is 3.96. The fourth-order valence-corrected chi connectivity index (χ4v) is 2.28. The van der Waals surface area contributed by atoms with E-state index in [1.165, 1.54) is 19.5 Å². The lowest BCUT2D eigenvalue weighted by Crippen LogP contribution is -2.51. The fourth-order valence-electron chi connectivity index (χ4n) is 2.28. The minimum atomic E-state index is 0.195. The lowest BCUT2D eigenvalue weighted by atomic mass is 10.1. The van der Waals surface area contributed by atoms with E-state index in [1.54, 1.807) is 5.01 Å². The van der Waals surface area contributed by atoms with Crippen LogP contribution >= 0.6 is 0 Å². The summed E-state index contributed by atoms with van der Waals surface area (Å²) >= 11 is 0. The summed E-state index contributed by atoms with van der Waals surface area (Å²) in [6.45, 7) is 4.16. The number of anilines is 1. The Bertz CT molecular complexity index is 378. The third-order valence-corrected chi connectivity index (χ3v) is 3.28. The van der Waals surface area contributed by atoms with E-state index in [2.05, 4.69) is 4.90 Å². The maximum absolute atomic E-state index is 6.01. The number of hydrogen-bond acceptors (Lipinski definition) is 4. The summed E-state index contributed by atoms with van der Waals surface area (Å²) < 4.78 is 5.95. The first-order valence-electron chi connectivity index (χ1n) is 5.83. The molecule has 1 aromatic carbocycles. The lowest BCUT2D eigenvalue weighted by Gasteiger charge is -2.38. The minimum absolute atomic E-state index is 0.195. The maximum Gasteiger partial charge on any atom is 0.144 e. The Hall–Kier alpha value is -1.26. The van der Waals surface area contributed by atoms with E-state index in [-0.39, 0.29) is 6.10 Å². The van der Waals surface area contributed by atoms with Gasteiger partial charge in [0.05, 0.1) is 12.2 Å². The molecule has 4 heteroatoms. The number of nitrogens with zero attached hydrogens (tertiary/aromatic N) is 2. The molecule has 0 radical (unpaired) electrons. The Balaban J connectivity index is 1.72. The zero-order chi connectivity index (χ0) is 11.0. The highest BCUT2D eigenvalue weighted by Gasteiger charge is 2.27. The van der Waals surface area contributed by atoms with Crippen LogP contribution in [-0.2, 0) is 0 Å². The SMILES string of the molecule is NN1CC(CN2CCC2)Oc2ccccc21. The van der Waals surface area contributed by atoms with Crippen LogP contribution in [0.5, 0.6) is 5.75 Å². The third-order valence-electron chi connectivity index (χ3n) is 3.28. The van der Waals surface area contributed by atoms with E-state index in [9.17, 15) is 0 Å². The normalized spacial score (nSPS) is 24.6. The van der Waals surface area contributed by atoms with Crippen LogP contribution in [-0.4, -0.2) is 37.2 Å². The van der Waals surface area contributed by atoms with Crippen LogP contribution in [0.4, 0.5) is 5.69 Å². The molecule has 0 spiro atoms. The molecule has 1 atom stereocenters. The third kappa shape index (κ3) is 1.74. The molecule has 2 heterocycles. The van der Waals surface area contributed by atoms with Crippen molar-refractivity contribution in [3.8, 4) is 5.75 Å². The molecule has 1 saturated heterocycles. The van der Waals surface area contributed by atoms with Crippen LogP contribution in [0.1, 0.15) is 6.42 Å². The van der Waals surface area contributed by atoms with Gasteiger partial charge in [-0.1, -0.05) is 12.1 Å². The Morgan fingerprint density at radius 2 is 2.12 bits per heavy atom. The molecule has 2 aliphatic rings. The number of para-hydroxylation sites is 2. The quantitative estimate of drug-likeness (QED) is 0.748. The van der Waals surface area contributed by atoms with E-state index in [0.29, 0.717) is 0 Å². The number of hydrogen-bond donors (Lipinski definition) is 1. The van der Waals surface area contributed by atoms with Gasteiger partial charge in [0.1, 0.15) is 11.9 Å². The molecule has 1 aromatic rings. The Morgan fingerprint density at radius 3 is 2.88 bits per heavy atom. The standard InChI is InChI=1S/C12H17N3O/c13-15-9-10(8-14-6-3-7-14)16-12-5-2-1-4-11(12)15/h1-2,4-5,10H,3,6-9,13H2. The number of benzene rings is 1. The van der Waals surface area contributed by atoms with Gasteiger partial charge in [-0.05, 0) is 31.6 Å². The van der Waals surface area contributed by atoms with Gasteiger partial charge in [0.2, 0.25) is 0 Å². The largest absolute Gasteiger partial charge is 0.485 e. The number of hydrazine groups is 1. The minimum Gasteiger partial charge on any atom is -0.485 e. The molecule has 1 fully saturated rings. The van der Waals surface area contributed by atoms with E-state index in [1.807, 2.05) is 24.3 Å². The summed E-state index contributed by atoms with van der Waals surface area (Å²) in [5.74, 6) is 6.91. The fraction of sp³-hybridized carbons (Fsp3) is 0.500. The summed E-state index contributed by atoms with van der Waals surface area (Å²) in [6, 6.07) is 7.95. The van der Waals surface area contributed by atoms with Crippen molar-refractivity contribution in [1.29, 1.82) is 0 Å². The van der Waals surface area contributed by atoms with Crippen molar-refractivity contribution in [3.63, 3.8) is 0 Å². The summed E-state index contributed by atoms with van der Waals surface area (Å²) in [6.07, 6.45) is 1.51. The Labute approximate surface area is 95.6 Å². The van der Waals surface area contributed by atoms with Crippen molar-refractivity contribution in [3.05, 3.63) is 24.3 Å². The molecule has 86 valence electrons. The summed E-state index contributed by atoms with van der Waals surface area (Å²) in [7, 11) is 0. The highest BCUT2D eigenvalue weighted by Crippen LogP contribution is 2.31. The first-order valence-corrected chi connectivity index (χ1v) is 5.83. The zero-order valence-electron chi connectivity index (χ0n) is 9.30. The van der Waals surface area contributed by atoms with Gasteiger partial charge in [-0.25, -0.2) is 5.84 Å². The molecule has 0 amide bonds. The Morgan fingerprint density at radius 1 is 1.31 bits per heavy atom. The zero-order valence-corrected chi connectivity index (χ0v) is 9.30. The van der Waals surface area contributed by atoms with Crippen molar-refractivity contribution in [2.45, 2.75) is 12.5 Å². The van der Waals surface area contributed by atoms with Crippen LogP contribution < -0.4 is 15.6 Å². The van der Waals surface area contributed by atoms with E-state index >= 15 is 0 Å². The van der Waals surface area contributed by atoms with Gasteiger partial charge in [0.15, 0.2) is 0 Å². The van der Waals surface area contributed by atoms with E-state index < -0.39 is 0 Å². The predicted molar refractivity (Wildman–Crippen MR) is 63.4 cm³/mol. The maximum atomic E-state index is 6.01. The van der Waals surface area contributed by atoms with Gasteiger partial charge in [0.25, 0.3) is 0 Å². The molecule has 0 aliphatic carbocycles. The number of fused-ring (bicyclic) bond motifs is 1. The average Bonchev–Trinajstić information content (AvgIpc) is 2.24. The first-order chi connectivity index (χ1) is 7.83. The van der Waals surface area contributed by atoms with Gasteiger partial charge in [0, 0.05) is 6.54 Å². The van der Waals surface area contributed by atoms with Gasteiger partial charge >= 0.3 is 0 Å². The molecule has 0 aromatic heterocycles. The van der Waals surface area contributed by atoms with Crippen LogP contribution in [0, 0.1) is 0 Å². The second-order valence-electron chi connectivity index (χ2n) is 4.51. The van der Waals surface area contributed by atoms with Crippen LogP contribution in [0.3, 0.4) is 0 Å². The van der Waals surface area contributed by atoms with Crippen molar-refractivity contribution < 1.29 is 4.74 Å². The molecule has 1 unspecified atom stereocenters. The molecule has 3 rings (SSSR count). The van der Waals surface area contributed by atoms with Crippen LogP contribution in [0.2, 0.25) is 0 Å². The molecule has 0 bridgehead atoms. The van der Waals surface area contributed by atoms with Crippen molar-refractivity contribution in [1.82, 2.24) is 4.90 Å². The molecule has 16 heavy (non-hydrogen) atoms. The molecule has 0 saturated carbocycles. The molecule has 4 nitrogen and oxygen atoms in total. The van der Waals surface area contributed by atoms with Crippen molar-refractivity contribution >= 4 is 5.69 Å². The smallest absolute Gasteiger partial charge is 0.144 e. The average molecular weight is 219 g/mol.